The van der Waals surface area contributed by atoms with Crippen molar-refractivity contribution in [2.24, 2.45) is 0 Å². The van der Waals surface area contributed by atoms with Crippen LogP contribution in [0.15, 0.2) is 54.7 Å². The molecule has 134 valence electrons. The molecule has 1 aromatic heterocycles. The van der Waals surface area contributed by atoms with Crippen LogP contribution in [0.5, 0.6) is 5.75 Å². The van der Waals surface area contributed by atoms with Gasteiger partial charge in [0.25, 0.3) is 0 Å². The summed E-state index contributed by atoms with van der Waals surface area (Å²) in [6, 6.07) is 12.7. The number of hydrogen-bond acceptors (Lipinski definition) is 4. The zero-order valence-electron chi connectivity index (χ0n) is 13.7. The fourth-order valence-electron chi connectivity index (χ4n) is 2.61. The highest BCUT2D eigenvalue weighted by molar-refractivity contribution is 6.10. The third-order valence-electron chi connectivity index (χ3n) is 3.83. The number of aromatic amines is 1. The van der Waals surface area contributed by atoms with Gasteiger partial charge in [-0.15, -0.1) is 0 Å². The Morgan fingerprint density at radius 3 is 2.46 bits per heavy atom. The molecule has 3 aromatic rings. The van der Waals surface area contributed by atoms with E-state index in [1.807, 2.05) is 12.1 Å². The first kappa shape index (κ1) is 17.6. The number of esters is 1. The van der Waals surface area contributed by atoms with Crippen LogP contribution in [-0.4, -0.2) is 29.5 Å². The molecule has 0 aliphatic heterocycles. The molecule has 0 saturated carbocycles. The van der Waals surface area contributed by atoms with Crippen molar-refractivity contribution < 1.29 is 27.8 Å². The van der Waals surface area contributed by atoms with Gasteiger partial charge in [0.1, 0.15) is 11.3 Å². The molecule has 26 heavy (non-hydrogen) atoms. The van der Waals surface area contributed by atoms with E-state index in [1.165, 1.54) is 31.2 Å². The Hall–Kier alpha value is -3.22. The van der Waals surface area contributed by atoms with Gasteiger partial charge in [0, 0.05) is 22.7 Å². The van der Waals surface area contributed by atoms with Gasteiger partial charge >= 0.3 is 12.6 Å². The van der Waals surface area contributed by atoms with Crippen molar-refractivity contribution in [1.82, 2.24) is 4.98 Å². The fraction of sp³-hybridized carbons (Fsp3) is 0.158. The van der Waals surface area contributed by atoms with Crippen molar-refractivity contribution in [3.63, 3.8) is 0 Å². The molecule has 0 saturated heterocycles. The second-order valence-electron chi connectivity index (χ2n) is 5.53. The van der Waals surface area contributed by atoms with Gasteiger partial charge in [-0.25, -0.2) is 4.79 Å². The number of para-hydroxylation sites is 2. The lowest BCUT2D eigenvalue weighted by Crippen LogP contribution is -2.24. The molecule has 7 heteroatoms. The Morgan fingerprint density at radius 1 is 1.00 bits per heavy atom. The smallest absolute Gasteiger partial charge is 0.387 e. The third-order valence-corrected chi connectivity index (χ3v) is 3.83. The number of halogens is 2. The fourth-order valence-corrected chi connectivity index (χ4v) is 2.61. The summed E-state index contributed by atoms with van der Waals surface area (Å²) in [4.78, 5) is 27.9. The van der Waals surface area contributed by atoms with Crippen LogP contribution in [-0.2, 0) is 4.74 Å². The van der Waals surface area contributed by atoms with Gasteiger partial charge in [-0.3, -0.25) is 4.79 Å². The Bertz CT molecular complexity index is 951. The molecule has 0 amide bonds. The normalized spacial score (nSPS) is 12.2. The van der Waals surface area contributed by atoms with E-state index in [9.17, 15) is 18.4 Å². The van der Waals surface area contributed by atoms with E-state index in [4.69, 9.17) is 4.74 Å². The van der Waals surface area contributed by atoms with Crippen LogP contribution in [0.2, 0.25) is 0 Å². The standard InChI is InChI=1S/C19H15F2NO4/c1-11(17(23)14-10-22-15-8-4-2-6-12(14)15)25-18(24)13-7-3-5-9-16(13)26-19(20)21/h2-11,19,22H,1H3/t11-/m0/s1. The number of aromatic nitrogens is 1. The van der Waals surface area contributed by atoms with Gasteiger partial charge in [-0.1, -0.05) is 30.3 Å². The van der Waals surface area contributed by atoms with Gasteiger partial charge in [-0.05, 0) is 25.1 Å². The molecular weight excluding hydrogens is 344 g/mol. The zero-order valence-corrected chi connectivity index (χ0v) is 13.7. The maximum atomic E-state index is 12.6. The van der Waals surface area contributed by atoms with Crippen molar-refractivity contribution in [3.05, 3.63) is 65.9 Å². The number of rotatable bonds is 6. The van der Waals surface area contributed by atoms with E-state index < -0.39 is 24.5 Å². The van der Waals surface area contributed by atoms with Gasteiger partial charge in [0.05, 0.1) is 0 Å². The number of benzene rings is 2. The Morgan fingerprint density at radius 2 is 1.69 bits per heavy atom. The van der Waals surface area contributed by atoms with Gasteiger partial charge in [0.2, 0.25) is 5.78 Å². The summed E-state index contributed by atoms with van der Waals surface area (Å²) in [5, 5.41) is 0.710. The van der Waals surface area contributed by atoms with Crippen molar-refractivity contribution in [1.29, 1.82) is 0 Å². The lowest BCUT2D eigenvalue weighted by atomic mass is 10.1. The molecule has 1 N–H and O–H groups in total. The van der Waals surface area contributed by atoms with Crippen molar-refractivity contribution in [2.45, 2.75) is 19.6 Å². The lowest BCUT2D eigenvalue weighted by molar-refractivity contribution is -0.0505. The van der Waals surface area contributed by atoms with E-state index in [-0.39, 0.29) is 11.3 Å². The number of alkyl halides is 2. The molecule has 0 bridgehead atoms. The number of hydrogen-bond donors (Lipinski definition) is 1. The molecule has 0 fully saturated rings. The minimum Gasteiger partial charge on any atom is -0.451 e. The van der Waals surface area contributed by atoms with Crippen LogP contribution >= 0.6 is 0 Å². The molecule has 0 radical (unpaired) electrons. The van der Waals surface area contributed by atoms with E-state index in [2.05, 4.69) is 9.72 Å². The maximum Gasteiger partial charge on any atom is 0.387 e. The molecule has 1 atom stereocenters. The number of fused-ring (bicyclic) bond motifs is 1. The summed E-state index contributed by atoms with van der Waals surface area (Å²) < 4.78 is 34.4. The highest BCUT2D eigenvalue weighted by Crippen LogP contribution is 2.23. The highest BCUT2D eigenvalue weighted by atomic mass is 19.3. The molecule has 0 aliphatic rings. The van der Waals surface area contributed by atoms with Crippen molar-refractivity contribution in [3.8, 4) is 5.75 Å². The van der Waals surface area contributed by atoms with Crippen LogP contribution in [0.1, 0.15) is 27.6 Å². The Labute approximate surface area is 147 Å². The molecule has 1 heterocycles. The number of Topliss-reactive ketones (excluding diaryl/α,β-unsaturated/α-hetero) is 1. The predicted octanol–water partition coefficient (Wildman–Crippen LogP) is 4.20. The largest absolute Gasteiger partial charge is 0.451 e. The molecule has 0 unspecified atom stereocenters. The maximum absolute atomic E-state index is 12.6. The van der Waals surface area contributed by atoms with Gasteiger partial charge < -0.3 is 14.5 Å². The zero-order chi connectivity index (χ0) is 18.7. The summed E-state index contributed by atoms with van der Waals surface area (Å²) >= 11 is 0. The number of ketones is 1. The van der Waals surface area contributed by atoms with Gasteiger partial charge in [-0.2, -0.15) is 8.78 Å². The monoisotopic (exact) mass is 359 g/mol. The molecule has 0 aliphatic carbocycles. The topological polar surface area (TPSA) is 68.4 Å². The summed E-state index contributed by atoms with van der Waals surface area (Å²) in [5.41, 5.74) is 0.995. The Kier molecular flexibility index (Phi) is 4.97. The number of carbonyl (C=O) groups is 2. The van der Waals surface area contributed by atoms with Crippen LogP contribution in [0, 0.1) is 0 Å². The third kappa shape index (κ3) is 3.56. The van der Waals surface area contributed by atoms with Gasteiger partial charge in [0.15, 0.2) is 6.10 Å². The second-order valence-corrected chi connectivity index (χ2v) is 5.53. The highest BCUT2D eigenvalue weighted by Gasteiger charge is 2.24. The minimum absolute atomic E-state index is 0.175. The van der Waals surface area contributed by atoms with Crippen molar-refractivity contribution in [2.75, 3.05) is 0 Å². The minimum atomic E-state index is -3.07. The van der Waals surface area contributed by atoms with Crippen LogP contribution < -0.4 is 4.74 Å². The average molecular weight is 359 g/mol. The quantitative estimate of drug-likeness (QED) is 0.529. The van der Waals surface area contributed by atoms with E-state index in [0.717, 1.165) is 5.52 Å². The number of carbonyl (C=O) groups excluding carboxylic acids is 2. The number of nitrogens with one attached hydrogen (secondary N) is 1. The van der Waals surface area contributed by atoms with E-state index >= 15 is 0 Å². The Balaban J connectivity index is 1.78. The summed E-state index contributed by atoms with van der Waals surface area (Å²) in [5.74, 6) is -1.62. The first-order chi connectivity index (χ1) is 12.5. The summed E-state index contributed by atoms with van der Waals surface area (Å²) in [7, 11) is 0. The molecule has 0 spiro atoms. The predicted molar refractivity (Wildman–Crippen MR) is 90.6 cm³/mol. The van der Waals surface area contributed by atoms with Crippen LogP contribution in [0.4, 0.5) is 8.78 Å². The number of H-pyrrole nitrogens is 1. The van der Waals surface area contributed by atoms with Crippen LogP contribution in [0.25, 0.3) is 10.9 Å². The van der Waals surface area contributed by atoms with Crippen molar-refractivity contribution >= 4 is 22.7 Å². The molecular formula is C19H15F2NO4. The average Bonchev–Trinajstić information content (AvgIpc) is 3.05. The summed E-state index contributed by atoms with van der Waals surface area (Å²) in [6.07, 6.45) is 0.451. The first-order valence-corrected chi connectivity index (χ1v) is 7.82. The lowest BCUT2D eigenvalue weighted by Gasteiger charge is -2.14. The molecule has 2 aromatic carbocycles. The first-order valence-electron chi connectivity index (χ1n) is 7.82. The van der Waals surface area contributed by atoms with E-state index in [1.54, 1.807) is 18.3 Å². The molecule has 3 rings (SSSR count). The molecule has 5 nitrogen and oxygen atoms in total. The van der Waals surface area contributed by atoms with E-state index in [0.29, 0.717) is 10.9 Å². The van der Waals surface area contributed by atoms with Crippen LogP contribution in [0.3, 0.4) is 0 Å². The SMILES string of the molecule is C[C@H](OC(=O)c1ccccc1OC(F)F)C(=O)c1c[nH]c2ccccc12. The number of ether oxygens (including phenoxy) is 2. The second kappa shape index (κ2) is 7.35. The summed E-state index contributed by atoms with van der Waals surface area (Å²) in [6.45, 7) is -1.65.